The predicted octanol–water partition coefficient (Wildman–Crippen LogP) is 1.25. The number of benzene rings is 1. The largest absolute Gasteiger partial charge is 0.493 e. The van der Waals surface area contributed by atoms with Crippen molar-refractivity contribution in [3.63, 3.8) is 0 Å². The molecule has 1 aromatic heterocycles. The lowest BCUT2D eigenvalue weighted by atomic mass is 9.96. The van der Waals surface area contributed by atoms with Crippen molar-refractivity contribution in [3.8, 4) is 17.2 Å². The van der Waals surface area contributed by atoms with E-state index in [2.05, 4.69) is 9.88 Å². The molecule has 0 bridgehead atoms. The number of piperidine rings is 1. The van der Waals surface area contributed by atoms with E-state index in [9.17, 15) is 9.59 Å². The Morgan fingerprint density at radius 2 is 1.81 bits per heavy atom. The Kier molecular flexibility index (Phi) is 5.55. The Hall–Kier alpha value is -2.74. The zero-order chi connectivity index (χ0) is 19.6. The van der Waals surface area contributed by atoms with Gasteiger partial charge in [0.15, 0.2) is 11.5 Å². The van der Waals surface area contributed by atoms with Crippen molar-refractivity contribution in [2.75, 3.05) is 34.4 Å². The summed E-state index contributed by atoms with van der Waals surface area (Å²) >= 11 is 0. The van der Waals surface area contributed by atoms with Crippen LogP contribution >= 0.6 is 0 Å². The molecule has 0 radical (unpaired) electrons. The van der Waals surface area contributed by atoms with Gasteiger partial charge >= 0.3 is 0 Å². The molecule has 0 spiro atoms. The minimum atomic E-state index is -0.246. The maximum Gasteiger partial charge on any atom is 0.252 e. The standard InChI is InChI=1S/C19H25N3O5/c1-25-15-9-14-13(16(26-2)17(15)27-3)8-12(19(24)21-14)10-22-6-4-11(5-7-22)18(20)23/h8-9,11H,4-7,10H2,1-3H3,(H2,20,23)(H,21,24). The first kappa shape index (κ1) is 19.0. The van der Waals surface area contributed by atoms with Gasteiger partial charge in [-0.1, -0.05) is 0 Å². The van der Waals surface area contributed by atoms with Gasteiger partial charge in [-0.25, -0.2) is 0 Å². The Morgan fingerprint density at radius 3 is 2.37 bits per heavy atom. The van der Waals surface area contributed by atoms with Crippen LogP contribution in [-0.4, -0.2) is 50.2 Å². The zero-order valence-corrected chi connectivity index (χ0v) is 15.8. The van der Waals surface area contributed by atoms with Crippen molar-refractivity contribution < 1.29 is 19.0 Å². The number of carbonyl (C=O) groups excluding carboxylic acids is 1. The van der Waals surface area contributed by atoms with Crippen LogP contribution < -0.4 is 25.5 Å². The van der Waals surface area contributed by atoms with Gasteiger partial charge < -0.3 is 24.9 Å². The average molecular weight is 375 g/mol. The summed E-state index contributed by atoms with van der Waals surface area (Å²) in [5, 5.41) is 0.747. The molecule has 146 valence electrons. The lowest BCUT2D eigenvalue weighted by Crippen LogP contribution is -2.39. The fourth-order valence-electron chi connectivity index (χ4n) is 3.60. The van der Waals surface area contributed by atoms with Crippen LogP contribution in [0.4, 0.5) is 0 Å². The highest BCUT2D eigenvalue weighted by molar-refractivity contribution is 5.90. The lowest BCUT2D eigenvalue weighted by Gasteiger charge is -2.30. The highest BCUT2D eigenvalue weighted by Crippen LogP contribution is 2.42. The SMILES string of the molecule is COc1cc2[nH]c(=O)c(CN3CCC(C(N)=O)CC3)cc2c(OC)c1OC. The third-order valence-corrected chi connectivity index (χ3v) is 5.11. The quantitative estimate of drug-likeness (QED) is 0.787. The van der Waals surface area contributed by atoms with Crippen LogP contribution in [0.3, 0.4) is 0 Å². The second kappa shape index (κ2) is 7.87. The van der Waals surface area contributed by atoms with E-state index in [-0.39, 0.29) is 17.4 Å². The van der Waals surface area contributed by atoms with Crippen LogP contribution in [-0.2, 0) is 11.3 Å². The van der Waals surface area contributed by atoms with Crippen LogP contribution in [0, 0.1) is 5.92 Å². The molecule has 1 aliphatic heterocycles. The molecule has 3 rings (SSSR count). The minimum absolute atomic E-state index is 0.0760. The maximum absolute atomic E-state index is 12.6. The molecule has 0 atom stereocenters. The molecule has 1 aromatic carbocycles. The molecule has 2 heterocycles. The number of carbonyl (C=O) groups is 1. The normalized spacial score (nSPS) is 15.7. The lowest BCUT2D eigenvalue weighted by molar-refractivity contribution is -0.123. The first-order chi connectivity index (χ1) is 13.0. The van der Waals surface area contributed by atoms with Crippen molar-refractivity contribution in [1.82, 2.24) is 9.88 Å². The molecule has 1 amide bonds. The van der Waals surface area contributed by atoms with Crippen molar-refractivity contribution in [3.05, 3.63) is 28.0 Å². The number of aromatic nitrogens is 1. The molecule has 1 saturated heterocycles. The zero-order valence-electron chi connectivity index (χ0n) is 15.8. The van der Waals surface area contributed by atoms with Crippen LogP contribution in [0.1, 0.15) is 18.4 Å². The molecule has 1 aliphatic rings. The van der Waals surface area contributed by atoms with E-state index in [4.69, 9.17) is 19.9 Å². The monoisotopic (exact) mass is 375 g/mol. The predicted molar refractivity (Wildman–Crippen MR) is 101 cm³/mol. The number of primary amides is 1. The smallest absolute Gasteiger partial charge is 0.252 e. The fraction of sp³-hybridized carbons (Fsp3) is 0.474. The van der Waals surface area contributed by atoms with Crippen LogP contribution in [0.5, 0.6) is 17.2 Å². The molecule has 27 heavy (non-hydrogen) atoms. The van der Waals surface area contributed by atoms with Gasteiger partial charge in [-0.05, 0) is 32.0 Å². The summed E-state index contributed by atoms with van der Waals surface area (Å²) in [4.78, 5) is 28.9. The van der Waals surface area contributed by atoms with E-state index in [1.54, 1.807) is 20.3 Å². The Labute approximate surface area is 157 Å². The second-order valence-electron chi connectivity index (χ2n) is 6.68. The van der Waals surface area contributed by atoms with E-state index in [0.717, 1.165) is 31.3 Å². The Bertz CT molecular complexity index is 900. The first-order valence-corrected chi connectivity index (χ1v) is 8.85. The third kappa shape index (κ3) is 3.71. The summed E-state index contributed by atoms with van der Waals surface area (Å²) in [6.07, 6.45) is 1.43. The molecule has 0 saturated carbocycles. The molecule has 3 N–H and O–H groups in total. The number of rotatable bonds is 6. The summed E-state index contributed by atoms with van der Waals surface area (Å²) < 4.78 is 16.3. The van der Waals surface area contributed by atoms with Crippen LogP contribution in [0.15, 0.2) is 16.9 Å². The second-order valence-corrected chi connectivity index (χ2v) is 6.68. The van der Waals surface area contributed by atoms with Gasteiger partial charge in [0.1, 0.15) is 0 Å². The third-order valence-electron chi connectivity index (χ3n) is 5.11. The molecule has 0 unspecified atom stereocenters. The number of aromatic amines is 1. The Balaban J connectivity index is 1.94. The summed E-state index contributed by atoms with van der Waals surface area (Å²) in [5.41, 5.74) is 6.47. The van der Waals surface area contributed by atoms with E-state index < -0.39 is 0 Å². The molecule has 0 aliphatic carbocycles. The summed E-state index contributed by atoms with van der Waals surface area (Å²) in [7, 11) is 4.63. The summed E-state index contributed by atoms with van der Waals surface area (Å²) in [6.45, 7) is 1.95. The molecular weight excluding hydrogens is 350 g/mol. The molecule has 2 aromatic rings. The van der Waals surface area contributed by atoms with E-state index in [0.29, 0.717) is 34.9 Å². The number of pyridine rings is 1. The number of H-pyrrole nitrogens is 1. The number of nitrogens with two attached hydrogens (primary N) is 1. The van der Waals surface area contributed by atoms with Gasteiger partial charge in [-0.3, -0.25) is 14.5 Å². The number of nitrogens with zero attached hydrogens (tertiary/aromatic N) is 1. The van der Waals surface area contributed by atoms with Crippen molar-refractivity contribution in [2.45, 2.75) is 19.4 Å². The first-order valence-electron chi connectivity index (χ1n) is 8.85. The van der Waals surface area contributed by atoms with Gasteiger partial charge in [0.2, 0.25) is 11.7 Å². The minimum Gasteiger partial charge on any atom is -0.493 e. The van der Waals surface area contributed by atoms with Gasteiger partial charge in [-0.2, -0.15) is 0 Å². The maximum atomic E-state index is 12.6. The summed E-state index contributed by atoms with van der Waals surface area (Å²) in [5.74, 6) is 1.15. The average Bonchev–Trinajstić information content (AvgIpc) is 2.67. The van der Waals surface area contributed by atoms with Crippen LogP contribution in [0.25, 0.3) is 10.9 Å². The van der Waals surface area contributed by atoms with E-state index in [1.807, 2.05) is 6.07 Å². The van der Waals surface area contributed by atoms with Crippen molar-refractivity contribution in [2.24, 2.45) is 11.7 Å². The number of amides is 1. The van der Waals surface area contributed by atoms with Crippen molar-refractivity contribution in [1.29, 1.82) is 0 Å². The molecule has 8 nitrogen and oxygen atoms in total. The van der Waals surface area contributed by atoms with E-state index >= 15 is 0 Å². The number of likely N-dealkylation sites (tertiary alicyclic amines) is 1. The Morgan fingerprint density at radius 1 is 1.15 bits per heavy atom. The highest BCUT2D eigenvalue weighted by Gasteiger charge is 2.24. The summed E-state index contributed by atoms with van der Waals surface area (Å²) in [6, 6.07) is 3.55. The van der Waals surface area contributed by atoms with E-state index in [1.165, 1.54) is 7.11 Å². The molecular formula is C19H25N3O5. The van der Waals surface area contributed by atoms with Crippen LogP contribution in [0.2, 0.25) is 0 Å². The number of fused-ring (bicyclic) bond motifs is 1. The topological polar surface area (TPSA) is 107 Å². The van der Waals surface area contributed by atoms with Gasteiger partial charge in [0, 0.05) is 29.5 Å². The molecule has 1 fully saturated rings. The number of hydrogen-bond donors (Lipinski definition) is 2. The highest BCUT2D eigenvalue weighted by atomic mass is 16.5. The number of methoxy groups -OCH3 is 3. The number of hydrogen-bond acceptors (Lipinski definition) is 6. The number of nitrogens with one attached hydrogen (secondary N) is 1. The van der Waals surface area contributed by atoms with Gasteiger partial charge in [-0.15, -0.1) is 0 Å². The van der Waals surface area contributed by atoms with Gasteiger partial charge in [0.25, 0.3) is 5.56 Å². The molecule has 8 heteroatoms. The number of ether oxygens (including phenoxy) is 3. The fourth-order valence-corrected chi connectivity index (χ4v) is 3.60. The van der Waals surface area contributed by atoms with Gasteiger partial charge in [0.05, 0.1) is 26.8 Å². The van der Waals surface area contributed by atoms with Crippen molar-refractivity contribution >= 4 is 16.8 Å².